The summed E-state index contributed by atoms with van der Waals surface area (Å²) in [6.07, 6.45) is -5.24. The number of rotatable bonds is 2. The Balaban J connectivity index is 2.64. The zero-order valence-corrected chi connectivity index (χ0v) is 8.01. The van der Waals surface area contributed by atoms with E-state index in [1.807, 2.05) is 0 Å². The van der Waals surface area contributed by atoms with Crippen molar-refractivity contribution in [2.24, 2.45) is 5.73 Å². The van der Waals surface area contributed by atoms with E-state index >= 15 is 0 Å². The van der Waals surface area contributed by atoms with Crippen molar-refractivity contribution in [3.8, 4) is 0 Å². The first-order valence-corrected chi connectivity index (χ1v) is 4.70. The van der Waals surface area contributed by atoms with Crippen LogP contribution in [0.1, 0.15) is 17.3 Å². The second-order valence-corrected chi connectivity index (χ2v) is 3.97. The van der Waals surface area contributed by atoms with Crippen molar-refractivity contribution < 1.29 is 13.2 Å². The maximum absolute atomic E-state index is 11.9. The normalized spacial score (nSPS) is 14.5. The van der Waals surface area contributed by atoms with E-state index in [-0.39, 0.29) is 0 Å². The lowest BCUT2D eigenvalue weighted by atomic mass is 10.2. The van der Waals surface area contributed by atoms with Crippen LogP contribution in [0.15, 0.2) is 11.4 Å². The van der Waals surface area contributed by atoms with Crippen LogP contribution < -0.4 is 5.73 Å². The summed E-state index contributed by atoms with van der Waals surface area (Å²) in [7, 11) is 0. The number of thiophene rings is 1. The van der Waals surface area contributed by atoms with E-state index in [1.165, 1.54) is 6.07 Å². The highest BCUT2D eigenvalue weighted by atomic mass is 35.5. The van der Waals surface area contributed by atoms with Crippen LogP contribution in [0, 0.1) is 0 Å². The van der Waals surface area contributed by atoms with E-state index in [9.17, 15) is 13.2 Å². The number of hydrogen-bond acceptors (Lipinski definition) is 2. The summed E-state index contributed by atoms with van der Waals surface area (Å²) in [6.45, 7) is 0. The van der Waals surface area contributed by atoms with E-state index in [4.69, 9.17) is 17.3 Å². The SMILES string of the molecule is N[C@H](CC(F)(F)F)c1cc(Cl)cs1. The van der Waals surface area contributed by atoms with Crippen LogP contribution in [0.3, 0.4) is 0 Å². The molecule has 0 radical (unpaired) electrons. The minimum Gasteiger partial charge on any atom is -0.323 e. The van der Waals surface area contributed by atoms with Crippen molar-refractivity contribution in [1.82, 2.24) is 0 Å². The van der Waals surface area contributed by atoms with Gasteiger partial charge in [-0.15, -0.1) is 11.3 Å². The summed E-state index contributed by atoms with van der Waals surface area (Å²) < 4.78 is 35.7. The molecule has 0 fully saturated rings. The van der Waals surface area contributed by atoms with Gasteiger partial charge in [0.2, 0.25) is 0 Å². The molecule has 0 spiro atoms. The standard InChI is InChI=1S/C7H7ClF3NS/c8-4-1-6(13-3-4)5(12)2-7(9,10)11/h1,3,5H,2,12H2/t5-/m1/s1. The first kappa shape index (κ1) is 10.8. The monoisotopic (exact) mass is 229 g/mol. The minimum atomic E-state index is -4.23. The smallest absolute Gasteiger partial charge is 0.323 e. The molecule has 13 heavy (non-hydrogen) atoms. The molecular formula is C7H7ClF3NS. The van der Waals surface area contributed by atoms with E-state index in [2.05, 4.69) is 0 Å². The first-order valence-electron chi connectivity index (χ1n) is 3.45. The van der Waals surface area contributed by atoms with Crippen LogP contribution in [0.25, 0.3) is 0 Å². The van der Waals surface area contributed by atoms with Crippen LogP contribution in [-0.4, -0.2) is 6.18 Å². The summed E-state index contributed by atoms with van der Waals surface area (Å²) in [6, 6.07) is 0.459. The Morgan fingerprint density at radius 1 is 1.54 bits per heavy atom. The lowest BCUT2D eigenvalue weighted by Gasteiger charge is -2.11. The third-order valence-electron chi connectivity index (χ3n) is 1.40. The third kappa shape index (κ3) is 3.54. The van der Waals surface area contributed by atoms with Crippen LogP contribution in [0.5, 0.6) is 0 Å². The number of nitrogens with two attached hydrogens (primary N) is 1. The second kappa shape index (κ2) is 3.86. The molecule has 1 aromatic heterocycles. The highest BCUT2D eigenvalue weighted by molar-refractivity contribution is 7.10. The van der Waals surface area contributed by atoms with Crippen molar-refractivity contribution in [2.45, 2.75) is 18.6 Å². The minimum absolute atomic E-state index is 0.428. The number of hydrogen-bond donors (Lipinski definition) is 1. The summed E-state index contributed by atoms with van der Waals surface area (Å²) in [4.78, 5) is 0.460. The Hall–Kier alpha value is -0.260. The van der Waals surface area contributed by atoms with Gasteiger partial charge in [0, 0.05) is 16.3 Å². The Bertz CT molecular complexity index is 284. The van der Waals surface area contributed by atoms with Crippen LogP contribution in [-0.2, 0) is 0 Å². The van der Waals surface area contributed by atoms with E-state index in [0.29, 0.717) is 9.90 Å². The highest BCUT2D eigenvalue weighted by Gasteiger charge is 2.31. The molecular weight excluding hydrogens is 223 g/mol. The predicted octanol–water partition coefficient (Wildman–Crippen LogP) is 3.35. The zero-order valence-electron chi connectivity index (χ0n) is 6.44. The van der Waals surface area contributed by atoms with E-state index in [0.717, 1.165) is 11.3 Å². The maximum atomic E-state index is 11.9. The average molecular weight is 230 g/mol. The first-order chi connectivity index (χ1) is 5.88. The Morgan fingerprint density at radius 2 is 2.15 bits per heavy atom. The van der Waals surface area contributed by atoms with Gasteiger partial charge in [0.05, 0.1) is 11.4 Å². The van der Waals surface area contributed by atoms with Gasteiger partial charge in [-0.05, 0) is 6.07 Å². The number of alkyl halides is 3. The van der Waals surface area contributed by atoms with Crippen LogP contribution >= 0.6 is 22.9 Å². The predicted molar refractivity (Wildman–Crippen MR) is 46.9 cm³/mol. The van der Waals surface area contributed by atoms with Crippen LogP contribution in [0.4, 0.5) is 13.2 Å². The van der Waals surface area contributed by atoms with Gasteiger partial charge in [-0.2, -0.15) is 13.2 Å². The highest BCUT2D eigenvalue weighted by Crippen LogP contribution is 2.31. The molecule has 1 rings (SSSR count). The molecule has 0 saturated heterocycles. The van der Waals surface area contributed by atoms with Crippen molar-refractivity contribution in [3.05, 3.63) is 21.3 Å². The Kier molecular flexibility index (Phi) is 3.21. The lowest BCUT2D eigenvalue weighted by Crippen LogP contribution is -2.19. The summed E-state index contributed by atoms with van der Waals surface area (Å²) >= 11 is 6.69. The van der Waals surface area contributed by atoms with Gasteiger partial charge in [-0.1, -0.05) is 11.6 Å². The zero-order chi connectivity index (χ0) is 10.1. The molecule has 74 valence electrons. The molecule has 0 bridgehead atoms. The average Bonchev–Trinajstić information content (AvgIpc) is 2.31. The van der Waals surface area contributed by atoms with Gasteiger partial charge < -0.3 is 5.73 Å². The van der Waals surface area contributed by atoms with Crippen LogP contribution in [0.2, 0.25) is 5.02 Å². The molecule has 0 aliphatic rings. The van der Waals surface area contributed by atoms with Crippen molar-refractivity contribution in [2.75, 3.05) is 0 Å². The lowest BCUT2D eigenvalue weighted by molar-refractivity contribution is -0.138. The Labute approximate surface area is 82.3 Å². The summed E-state index contributed by atoms with van der Waals surface area (Å²) in [5.74, 6) is 0. The largest absolute Gasteiger partial charge is 0.390 e. The molecule has 0 unspecified atom stereocenters. The molecule has 1 atom stereocenters. The van der Waals surface area contributed by atoms with E-state index < -0.39 is 18.6 Å². The van der Waals surface area contributed by atoms with Gasteiger partial charge in [-0.3, -0.25) is 0 Å². The van der Waals surface area contributed by atoms with Gasteiger partial charge in [0.1, 0.15) is 0 Å². The fourth-order valence-corrected chi connectivity index (χ4v) is 1.96. The summed E-state index contributed by atoms with van der Waals surface area (Å²) in [5, 5.41) is 1.99. The fourth-order valence-electron chi connectivity index (χ4n) is 0.873. The third-order valence-corrected chi connectivity index (χ3v) is 2.82. The molecule has 0 amide bonds. The van der Waals surface area contributed by atoms with Gasteiger partial charge in [0.25, 0.3) is 0 Å². The van der Waals surface area contributed by atoms with Crippen molar-refractivity contribution in [1.29, 1.82) is 0 Å². The molecule has 0 aliphatic heterocycles. The number of halogens is 4. The van der Waals surface area contributed by atoms with Gasteiger partial charge in [-0.25, -0.2) is 0 Å². The topological polar surface area (TPSA) is 26.0 Å². The summed E-state index contributed by atoms with van der Waals surface area (Å²) in [5.41, 5.74) is 5.33. The molecule has 6 heteroatoms. The maximum Gasteiger partial charge on any atom is 0.390 e. The Morgan fingerprint density at radius 3 is 2.54 bits per heavy atom. The molecule has 0 saturated carbocycles. The van der Waals surface area contributed by atoms with Gasteiger partial charge >= 0.3 is 6.18 Å². The molecule has 0 aromatic carbocycles. The molecule has 2 N–H and O–H groups in total. The fraction of sp³-hybridized carbons (Fsp3) is 0.429. The van der Waals surface area contributed by atoms with Crippen molar-refractivity contribution in [3.63, 3.8) is 0 Å². The van der Waals surface area contributed by atoms with E-state index in [1.54, 1.807) is 5.38 Å². The molecule has 0 aliphatic carbocycles. The second-order valence-electron chi connectivity index (χ2n) is 2.59. The quantitative estimate of drug-likeness (QED) is 0.827. The molecule has 1 nitrogen and oxygen atoms in total. The molecule has 1 heterocycles. The molecule has 1 aromatic rings. The van der Waals surface area contributed by atoms with Crippen molar-refractivity contribution >= 4 is 22.9 Å². The van der Waals surface area contributed by atoms with Gasteiger partial charge in [0.15, 0.2) is 0 Å².